The molecule has 0 amide bonds. The molecule has 21 heavy (non-hydrogen) atoms. The van der Waals surface area contributed by atoms with Gasteiger partial charge in [0.2, 0.25) is 5.16 Å². The van der Waals surface area contributed by atoms with Crippen molar-refractivity contribution in [2.75, 3.05) is 14.2 Å². The molecule has 2 rings (SSSR count). The number of carbonyl (C=O) groups is 1. The largest absolute Gasteiger partial charge is 0.478 e. The third kappa shape index (κ3) is 3.57. The maximum atomic E-state index is 13.8. The number of carboxylic acid groups (broad SMARTS) is 1. The van der Waals surface area contributed by atoms with E-state index in [0.29, 0.717) is 0 Å². The van der Waals surface area contributed by atoms with Crippen molar-refractivity contribution in [1.29, 1.82) is 0 Å². The number of methoxy groups -OCH3 is 2. The smallest absolute Gasteiger partial charge is 0.335 e. The lowest BCUT2D eigenvalue weighted by molar-refractivity contribution is 0.0696. The second-order valence-electron chi connectivity index (χ2n) is 3.64. The van der Waals surface area contributed by atoms with Crippen molar-refractivity contribution in [3.8, 4) is 12.0 Å². The van der Waals surface area contributed by atoms with E-state index in [1.54, 1.807) is 0 Å². The van der Waals surface area contributed by atoms with E-state index in [9.17, 15) is 9.18 Å². The molecule has 1 aromatic heterocycles. The van der Waals surface area contributed by atoms with Gasteiger partial charge in [-0.2, -0.15) is 9.97 Å². The lowest BCUT2D eigenvalue weighted by atomic mass is 10.2. The van der Waals surface area contributed by atoms with Crippen molar-refractivity contribution in [2.45, 2.75) is 10.1 Å². The van der Waals surface area contributed by atoms with Crippen LogP contribution < -0.4 is 9.47 Å². The Morgan fingerprint density at radius 3 is 2.29 bits per heavy atom. The van der Waals surface area contributed by atoms with Crippen molar-refractivity contribution in [2.24, 2.45) is 0 Å². The van der Waals surface area contributed by atoms with Gasteiger partial charge in [-0.3, -0.25) is 0 Å². The summed E-state index contributed by atoms with van der Waals surface area (Å²) in [6.45, 7) is 0. The molecule has 110 valence electrons. The number of halogens is 1. The number of aromatic carboxylic acids is 1. The molecule has 0 bridgehead atoms. The van der Waals surface area contributed by atoms with Gasteiger partial charge >= 0.3 is 18.0 Å². The number of carboxylic acids is 1. The van der Waals surface area contributed by atoms with Crippen molar-refractivity contribution in [3.63, 3.8) is 0 Å². The van der Waals surface area contributed by atoms with Crippen LogP contribution in [-0.2, 0) is 0 Å². The van der Waals surface area contributed by atoms with Gasteiger partial charge in [-0.15, -0.1) is 4.98 Å². The Bertz CT molecular complexity index is 661. The van der Waals surface area contributed by atoms with Gasteiger partial charge in [0.25, 0.3) is 0 Å². The summed E-state index contributed by atoms with van der Waals surface area (Å²) in [5.41, 5.74) is -0.136. The minimum Gasteiger partial charge on any atom is -0.478 e. The number of benzene rings is 1. The summed E-state index contributed by atoms with van der Waals surface area (Å²) in [5, 5.41) is 8.95. The summed E-state index contributed by atoms with van der Waals surface area (Å²) < 4.78 is 23.6. The molecule has 0 spiro atoms. The first-order chi connectivity index (χ1) is 10.0. The number of aromatic nitrogens is 3. The Morgan fingerprint density at radius 2 is 1.81 bits per heavy atom. The second-order valence-corrected chi connectivity index (χ2v) is 4.65. The molecule has 9 heteroatoms. The van der Waals surface area contributed by atoms with Gasteiger partial charge in [-0.05, 0) is 30.0 Å². The molecule has 0 unspecified atom stereocenters. The number of hydrogen-bond donors (Lipinski definition) is 1. The van der Waals surface area contributed by atoms with E-state index in [1.165, 1.54) is 26.4 Å². The minimum atomic E-state index is -1.20. The molecule has 1 N–H and O–H groups in total. The number of rotatable bonds is 5. The molecule has 7 nitrogen and oxygen atoms in total. The van der Waals surface area contributed by atoms with Crippen LogP contribution in [0, 0.1) is 5.82 Å². The molecule has 0 aliphatic heterocycles. The summed E-state index contributed by atoms with van der Waals surface area (Å²) in [7, 11) is 2.76. The van der Waals surface area contributed by atoms with Gasteiger partial charge in [-0.1, -0.05) is 0 Å². The normalized spacial score (nSPS) is 10.2. The SMILES string of the molecule is COc1nc(OC)nc(Sc2ccc(C(=O)O)cc2F)n1. The van der Waals surface area contributed by atoms with Crippen LogP contribution in [-0.4, -0.2) is 40.2 Å². The van der Waals surface area contributed by atoms with Gasteiger partial charge in [0.05, 0.1) is 24.7 Å². The van der Waals surface area contributed by atoms with E-state index in [4.69, 9.17) is 14.6 Å². The maximum Gasteiger partial charge on any atom is 0.335 e. The lowest BCUT2D eigenvalue weighted by Gasteiger charge is -2.06. The fraction of sp³-hybridized carbons (Fsp3) is 0.167. The standard InChI is InChI=1S/C12H10FN3O4S/c1-19-10-14-11(20-2)16-12(15-10)21-8-4-3-6(9(17)18)5-7(8)13/h3-5H,1-2H3,(H,17,18). The third-order valence-corrected chi connectivity index (χ3v) is 3.24. The fourth-order valence-corrected chi connectivity index (χ4v) is 2.10. The van der Waals surface area contributed by atoms with Crippen molar-refractivity contribution >= 4 is 17.7 Å². The van der Waals surface area contributed by atoms with Crippen LogP contribution in [0.2, 0.25) is 0 Å². The van der Waals surface area contributed by atoms with Crippen molar-refractivity contribution in [1.82, 2.24) is 15.0 Å². The second kappa shape index (κ2) is 6.35. The number of ether oxygens (including phenoxy) is 2. The molecule has 0 radical (unpaired) electrons. The Labute approximate surface area is 123 Å². The quantitative estimate of drug-likeness (QED) is 0.894. The summed E-state index contributed by atoms with van der Waals surface area (Å²) in [6.07, 6.45) is 0. The molecular weight excluding hydrogens is 301 g/mol. The summed E-state index contributed by atoms with van der Waals surface area (Å²) in [6, 6.07) is 3.63. The predicted molar refractivity (Wildman–Crippen MR) is 70.4 cm³/mol. The van der Waals surface area contributed by atoms with Crippen LogP contribution >= 0.6 is 11.8 Å². The molecular formula is C12H10FN3O4S. The topological polar surface area (TPSA) is 94.4 Å². The van der Waals surface area contributed by atoms with Crippen LogP contribution in [0.5, 0.6) is 12.0 Å². The first-order valence-corrected chi connectivity index (χ1v) is 6.40. The van der Waals surface area contributed by atoms with E-state index in [2.05, 4.69) is 15.0 Å². The van der Waals surface area contributed by atoms with Crippen molar-refractivity contribution < 1.29 is 23.8 Å². The highest BCUT2D eigenvalue weighted by Crippen LogP contribution is 2.29. The number of hydrogen-bond acceptors (Lipinski definition) is 7. The van der Waals surface area contributed by atoms with E-state index in [0.717, 1.165) is 17.8 Å². The first kappa shape index (κ1) is 15.0. The van der Waals surface area contributed by atoms with Gasteiger partial charge in [0.1, 0.15) is 5.82 Å². The zero-order valence-corrected chi connectivity index (χ0v) is 11.8. The average Bonchev–Trinajstić information content (AvgIpc) is 2.48. The fourth-order valence-electron chi connectivity index (χ4n) is 1.36. The monoisotopic (exact) mass is 311 g/mol. The lowest BCUT2D eigenvalue weighted by Crippen LogP contribution is -2.01. The van der Waals surface area contributed by atoms with Crippen LogP contribution in [0.3, 0.4) is 0 Å². The predicted octanol–water partition coefficient (Wildman–Crippen LogP) is 1.88. The Morgan fingerprint density at radius 1 is 1.19 bits per heavy atom. The van der Waals surface area contributed by atoms with Crippen LogP contribution in [0.15, 0.2) is 28.3 Å². The molecule has 1 aromatic carbocycles. The third-order valence-electron chi connectivity index (χ3n) is 2.32. The Balaban J connectivity index is 2.31. The molecule has 2 aromatic rings. The van der Waals surface area contributed by atoms with Gasteiger partial charge in [0, 0.05) is 0 Å². The van der Waals surface area contributed by atoms with Gasteiger partial charge < -0.3 is 14.6 Å². The number of nitrogens with zero attached hydrogens (tertiary/aromatic N) is 3. The average molecular weight is 311 g/mol. The molecule has 0 aliphatic rings. The molecule has 0 fully saturated rings. The molecule has 1 heterocycles. The minimum absolute atomic E-state index is 0.0342. The highest BCUT2D eigenvalue weighted by Gasteiger charge is 2.13. The first-order valence-electron chi connectivity index (χ1n) is 5.58. The summed E-state index contributed by atoms with van der Waals surface area (Å²) >= 11 is 0.904. The van der Waals surface area contributed by atoms with Crippen molar-refractivity contribution in [3.05, 3.63) is 29.6 Å². The zero-order valence-electron chi connectivity index (χ0n) is 11.0. The van der Waals surface area contributed by atoms with Crippen LogP contribution in [0.25, 0.3) is 0 Å². The van der Waals surface area contributed by atoms with E-state index in [1.807, 2.05) is 0 Å². The van der Waals surface area contributed by atoms with E-state index >= 15 is 0 Å². The van der Waals surface area contributed by atoms with E-state index < -0.39 is 11.8 Å². The molecule has 0 saturated heterocycles. The summed E-state index contributed by atoms with van der Waals surface area (Å²) in [5.74, 6) is -1.88. The Kier molecular flexibility index (Phi) is 4.53. The molecule has 0 saturated carbocycles. The Hall–Kier alpha value is -2.42. The molecule has 0 atom stereocenters. The van der Waals surface area contributed by atoms with Gasteiger partial charge in [-0.25, -0.2) is 9.18 Å². The van der Waals surface area contributed by atoms with Crippen LogP contribution in [0.4, 0.5) is 4.39 Å². The molecule has 0 aliphatic carbocycles. The highest BCUT2D eigenvalue weighted by atomic mass is 32.2. The van der Waals surface area contributed by atoms with Gasteiger partial charge in [0.15, 0.2) is 0 Å². The maximum absolute atomic E-state index is 13.8. The zero-order chi connectivity index (χ0) is 15.4. The highest BCUT2D eigenvalue weighted by molar-refractivity contribution is 7.99. The summed E-state index contributed by atoms with van der Waals surface area (Å²) in [4.78, 5) is 22.6. The van der Waals surface area contributed by atoms with E-state index in [-0.39, 0.29) is 27.6 Å². The van der Waals surface area contributed by atoms with Crippen LogP contribution in [0.1, 0.15) is 10.4 Å².